The normalized spacial score (nSPS) is 19.4. The Morgan fingerprint density at radius 1 is 0.973 bits per heavy atom. The van der Waals surface area contributed by atoms with Gasteiger partial charge in [-0.05, 0) is 73.7 Å². The Kier molecular flexibility index (Phi) is 7.91. The number of allylic oxidation sites excluding steroid dienone is 1. The third kappa shape index (κ3) is 6.06. The number of benzene rings is 2. The van der Waals surface area contributed by atoms with Crippen molar-refractivity contribution in [2.75, 3.05) is 39.8 Å². The maximum absolute atomic E-state index is 13.0. The van der Waals surface area contributed by atoms with Crippen LogP contribution in [0.15, 0.2) is 72.6 Å². The number of piperidine rings is 2. The minimum absolute atomic E-state index is 0.0920. The van der Waals surface area contributed by atoms with Crippen LogP contribution in [-0.2, 0) is 6.54 Å². The van der Waals surface area contributed by atoms with E-state index in [1.54, 1.807) is 7.11 Å². The van der Waals surface area contributed by atoms with E-state index in [0.717, 1.165) is 81.8 Å². The van der Waals surface area contributed by atoms with Gasteiger partial charge in [-0.1, -0.05) is 18.2 Å². The maximum atomic E-state index is 13.0. The van der Waals surface area contributed by atoms with E-state index in [0.29, 0.717) is 6.04 Å². The molecule has 192 valence electrons. The number of ether oxygens (including phenoxy) is 1. The SMILES string of the molecule is COc1ccc(C(=O)C2CCN(C3=CN(C4CCN(Cc5ccc(C#N)cc5)CC4)CC=C3)CC2)cc1. The Bertz CT molecular complexity index is 1160. The smallest absolute Gasteiger partial charge is 0.166 e. The summed E-state index contributed by atoms with van der Waals surface area (Å²) in [6.45, 7) is 5.93. The molecule has 2 fully saturated rings. The first-order valence-corrected chi connectivity index (χ1v) is 13.4. The van der Waals surface area contributed by atoms with Crippen molar-refractivity contribution < 1.29 is 9.53 Å². The second kappa shape index (κ2) is 11.7. The van der Waals surface area contributed by atoms with Crippen molar-refractivity contribution >= 4 is 5.78 Å². The van der Waals surface area contributed by atoms with Crippen LogP contribution in [0.1, 0.15) is 47.2 Å². The highest BCUT2D eigenvalue weighted by Gasteiger charge is 2.28. The van der Waals surface area contributed by atoms with Crippen LogP contribution in [0.4, 0.5) is 0 Å². The van der Waals surface area contributed by atoms with Crippen LogP contribution in [0.3, 0.4) is 0 Å². The van der Waals surface area contributed by atoms with E-state index in [9.17, 15) is 4.79 Å². The zero-order chi connectivity index (χ0) is 25.6. The zero-order valence-electron chi connectivity index (χ0n) is 21.7. The molecule has 5 rings (SSSR count). The van der Waals surface area contributed by atoms with Crippen molar-refractivity contribution in [1.29, 1.82) is 5.26 Å². The highest BCUT2D eigenvalue weighted by molar-refractivity contribution is 5.98. The van der Waals surface area contributed by atoms with E-state index in [4.69, 9.17) is 10.00 Å². The topological polar surface area (TPSA) is 59.8 Å². The largest absolute Gasteiger partial charge is 0.497 e. The summed E-state index contributed by atoms with van der Waals surface area (Å²) in [5, 5.41) is 9.00. The molecule has 0 saturated carbocycles. The standard InChI is InChI=1S/C31H36N4O2/c1-37-30-10-8-26(9-11-30)31(36)27-12-19-34(20-13-27)29-3-2-16-35(23-29)28-14-17-33(18-15-28)22-25-6-4-24(21-32)5-7-25/h2-11,23,27-28H,12-20,22H2,1H3. The number of nitrogens with zero attached hydrogens (tertiary/aromatic N) is 4. The molecule has 0 amide bonds. The molecule has 0 spiro atoms. The van der Waals surface area contributed by atoms with Crippen molar-refractivity contribution in [2.24, 2.45) is 5.92 Å². The van der Waals surface area contributed by atoms with Gasteiger partial charge in [-0.15, -0.1) is 0 Å². The van der Waals surface area contributed by atoms with Crippen molar-refractivity contribution in [2.45, 2.75) is 38.3 Å². The monoisotopic (exact) mass is 496 g/mol. The van der Waals surface area contributed by atoms with Crippen molar-refractivity contribution in [3.63, 3.8) is 0 Å². The summed E-state index contributed by atoms with van der Waals surface area (Å²) in [7, 11) is 1.64. The predicted octanol–water partition coefficient (Wildman–Crippen LogP) is 4.84. The van der Waals surface area contributed by atoms with Gasteiger partial charge in [0.2, 0.25) is 0 Å². The summed E-state index contributed by atoms with van der Waals surface area (Å²) in [6, 6.07) is 18.2. The average molecular weight is 497 g/mol. The summed E-state index contributed by atoms with van der Waals surface area (Å²) in [5.74, 6) is 1.13. The molecule has 0 atom stereocenters. The molecule has 37 heavy (non-hydrogen) atoms. The number of hydrogen-bond donors (Lipinski definition) is 0. The lowest BCUT2D eigenvalue weighted by Crippen LogP contribution is -2.44. The molecule has 0 aromatic heterocycles. The van der Waals surface area contributed by atoms with Gasteiger partial charge < -0.3 is 14.5 Å². The number of carbonyl (C=O) groups excluding carboxylic acids is 1. The van der Waals surface area contributed by atoms with Crippen LogP contribution in [0.5, 0.6) is 5.75 Å². The van der Waals surface area contributed by atoms with Gasteiger partial charge in [0.25, 0.3) is 0 Å². The van der Waals surface area contributed by atoms with Gasteiger partial charge in [0, 0.05) is 63.0 Å². The van der Waals surface area contributed by atoms with Gasteiger partial charge in [-0.3, -0.25) is 9.69 Å². The summed E-state index contributed by atoms with van der Waals surface area (Å²) in [4.78, 5) is 20.5. The Balaban J connectivity index is 1.11. The highest BCUT2D eigenvalue weighted by atomic mass is 16.5. The molecule has 6 nitrogen and oxygen atoms in total. The van der Waals surface area contributed by atoms with E-state index < -0.39 is 0 Å². The van der Waals surface area contributed by atoms with Gasteiger partial charge in [0.1, 0.15) is 5.75 Å². The third-order valence-electron chi connectivity index (χ3n) is 8.02. The van der Waals surface area contributed by atoms with E-state index in [1.807, 2.05) is 36.4 Å². The predicted molar refractivity (Wildman–Crippen MR) is 145 cm³/mol. The molecule has 0 bridgehead atoms. The molecule has 0 radical (unpaired) electrons. The van der Waals surface area contributed by atoms with Gasteiger partial charge >= 0.3 is 0 Å². The number of likely N-dealkylation sites (tertiary alicyclic amines) is 2. The van der Waals surface area contributed by atoms with Crippen LogP contribution in [-0.4, -0.2) is 66.4 Å². The maximum Gasteiger partial charge on any atom is 0.166 e. The van der Waals surface area contributed by atoms with Gasteiger partial charge in [0.15, 0.2) is 5.78 Å². The number of nitriles is 1. The van der Waals surface area contributed by atoms with E-state index in [-0.39, 0.29) is 11.7 Å². The number of rotatable bonds is 7. The average Bonchev–Trinajstić information content (AvgIpc) is 2.98. The summed E-state index contributed by atoms with van der Waals surface area (Å²) in [6.07, 6.45) is 11.0. The lowest BCUT2D eigenvalue weighted by Gasteiger charge is -2.41. The molecule has 2 aromatic carbocycles. The van der Waals surface area contributed by atoms with Crippen LogP contribution in [0.25, 0.3) is 0 Å². The Morgan fingerprint density at radius 3 is 2.32 bits per heavy atom. The molecule has 3 heterocycles. The quantitative estimate of drug-likeness (QED) is 0.512. The van der Waals surface area contributed by atoms with Gasteiger partial charge in [0.05, 0.1) is 24.4 Å². The molecule has 2 saturated heterocycles. The molecular formula is C31H36N4O2. The highest BCUT2D eigenvalue weighted by Crippen LogP contribution is 2.28. The first-order valence-electron chi connectivity index (χ1n) is 13.4. The molecular weight excluding hydrogens is 460 g/mol. The minimum Gasteiger partial charge on any atom is -0.497 e. The first-order chi connectivity index (χ1) is 18.1. The number of Topliss-reactive ketones (excluding diaryl/α,β-unsaturated/α-hetero) is 1. The number of methoxy groups -OCH3 is 1. The lowest BCUT2D eigenvalue weighted by atomic mass is 9.88. The van der Waals surface area contributed by atoms with Crippen LogP contribution in [0, 0.1) is 17.2 Å². The van der Waals surface area contributed by atoms with Crippen molar-refractivity contribution in [3.05, 3.63) is 89.3 Å². The van der Waals surface area contributed by atoms with Gasteiger partial charge in [-0.25, -0.2) is 0 Å². The molecule has 3 aliphatic rings. The third-order valence-corrected chi connectivity index (χ3v) is 8.02. The molecule has 0 unspecified atom stereocenters. The summed E-state index contributed by atoms with van der Waals surface area (Å²) >= 11 is 0. The van der Waals surface area contributed by atoms with Crippen LogP contribution < -0.4 is 4.74 Å². The van der Waals surface area contributed by atoms with E-state index >= 15 is 0 Å². The van der Waals surface area contributed by atoms with E-state index in [2.05, 4.69) is 51.3 Å². The Morgan fingerprint density at radius 2 is 1.68 bits per heavy atom. The Hall–Kier alpha value is -3.56. The zero-order valence-corrected chi connectivity index (χ0v) is 21.7. The minimum atomic E-state index is 0.0920. The second-order valence-electron chi connectivity index (χ2n) is 10.3. The molecule has 3 aliphatic heterocycles. The van der Waals surface area contributed by atoms with Crippen molar-refractivity contribution in [3.8, 4) is 11.8 Å². The van der Waals surface area contributed by atoms with Crippen molar-refractivity contribution in [1.82, 2.24) is 14.7 Å². The summed E-state index contributed by atoms with van der Waals surface area (Å²) < 4.78 is 5.22. The first kappa shape index (κ1) is 25.1. The lowest BCUT2D eigenvalue weighted by molar-refractivity contribution is 0.0859. The number of hydrogen-bond acceptors (Lipinski definition) is 6. The fourth-order valence-corrected chi connectivity index (χ4v) is 5.75. The molecule has 0 aliphatic carbocycles. The van der Waals surface area contributed by atoms with Crippen LogP contribution >= 0.6 is 0 Å². The number of ketones is 1. The van der Waals surface area contributed by atoms with Gasteiger partial charge in [-0.2, -0.15) is 5.26 Å². The molecule has 6 heteroatoms. The summed E-state index contributed by atoms with van der Waals surface area (Å²) in [5.41, 5.74) is 4.06. The number of carbonyl (C=O) groups is 1. The van der Waals surface area contributed by atoms with Crippen LogP contribution in [0.2, 0.25) is 0 Å². The molecule has 0 N–H and O–H groups in total. The molecule has 2 aromatic rings. The fraction of sp³-hybridized carbons (Fsp3) is 0.419. The Labute approximate surface area is 220 Å². The van der Waals surface area contributed by atoms with E-state index in [1.165, 1.54) is 11.3 Å². The second-order valence-corrected chi connectivity index (χ2v) is 10.3. The fourth-order valence-electron chi connectivity index (χ4n) is 5.75.